The van der Waals surface area contributed by atoms with E-state index in [4.69, 9.17) is 4.58 Å². The average Bonchev–Trinajstić information content (AvgIpc) is 2.07. The Morgan fingerprint density at radius 3 is 1.00 bits per heavy atom. The van der Waals surface area contributed by atoms with Crippen molar-refractivity contribution in [2.24, 2.45) is 4.58 Å². The Balaban J connectivity index is 5.04. The summed E-state index contributed by atoms with van der Waals surface area (Å²) in [7, 11) is 0. The van der Waals surface area contributed by atoms with Crippen molar-refractivity contribution < 1.29 is 12.0 Å². The Morgan fingerprint density at radius 2 is 1.00 bits per heavy atom. The van der Waals surface area contributed by atoms with E-state index in [1.165, 1.54) is 20.5 Å². The predicted molar refractivity (Wildman–Crippen MR) is 52.0 cm³/mol. The minimum atomic E-state index is -2.78. The topological polar surface area (TPSA) is 26.0 Å². The monoisotopic (exact) mass is 198 g/mol. The zero-order valence-corrected chi connectivity index (χ0v) is 10.2. The molecule has 0 spiro atoms. The van der Waals surface area contributed by atoms with Gasteiger partial charge in [-0.05, 0) is 0 Å². The van der Waals surface area contributed by atoms with Crippen LogP contribution in [0, 0.1) is 0 Å². The zero-order valence-electron chi connectivity index (χ0n) is 8.85. The Bertz CT molecular complexity index is 123. The van der Waals surface area contributed by atoms with Crippen LogP contribution in [0.4, 0.5) is 0 Å². The second kappa shape index (κ2) is 2.51. The van der Waals surface area contributed by atoms with Gasteiger partial charge in [-0.25, -0.2) is 0 Å². The van der Waals surface area contributed by atoms with Crippen LogP contribution in [0.1, 0.15) is 27.7 Å². The Kier molecular flexibility index (Phi) is 2.64. The van der Waals surface area contributed by atoms with Gasteiger partial charge in [0.05, 0.1) is 0 Å². The van der Waals surface area contributed by atoms with Crippen molar-refractivity contribution in [3.05, 3.63) is 0 Å². The van der Waals surface area contributed by atoms with Gasteiger partial charge in [0.1, 0.15) is 0 Å². The molecule has 2 N–H and O–H groups in total. The van der Waals surface area contributed by atoms with Gasteiger partial charge in [0, 0.05) is 0 Å². The van der Waals surface area contributed by atoms with Crippen molar-refractivity contribution in [1.29, 1.82) is 0 Å². The first-order valence-corrected chi connectivity index (χ1v) is 11.0. The molecular formula is C9H25NV. The Hall–Kier alpha value is 0.544. The normalized spacial score (nSPS) is 19.1. The molecule has 0 aliphatic rings. The van der Waals surface area contributed by atoms with Crippen molar-refractivity contribution in [1.82, 2.24) is 0 Å². The van der Waals surface area contributed by atoms with Gasteiger partial charge in [0.25, 0.3) is 0 Å². The number of nitrogens with two attached hydrogens (primary N) is 1. The molecule has 0 aliphatic carbocycles. The van der Waals surface area contributed by atoms with Crippen LogP contribution in [0.3, 0.4) is 0 Å². The minimum absolute atomic E-state index is 1.23. The van der Waals surface area contributed by atoms with Crippen LogP contribution in [0.5, 0.6) is 0 Å². The Morgan fingerprint density at radius 1 is 0.818 bits per heavy atom. The van der Waals surface area contributed by atoms with Gasteiger partial charge in [-0.2, -0.15) is 0 Å². The Labute approximate surface area is 70.7 Å². The van der Waals surface area contributed by atoms with E-state index in [0.29, 0.717) is 0 Å². The van der Waals surface area contributed by atoms with Crippen LogP contribution in [0.25, 0.3) is 0 Å². The third-order valence-electron chi connectivity index (χ3n) is 4.68. The first-order chi connectivity index (χ1) is 4.80. The summed E-state index contributed by atoms with van der Waals surface area (Å²) in [5.74, 6) is 0. The molecule has 11 heavy (non-hydrogen) atoms. The maximum absolute atomic E-state index is 6.74. The van der Waals surface area contributed by atoms with E-state index in [-0.39, 0.29) is 0 Å². The predicted octanol–water partition coefficient (Wildman–Crippen LogP) is 3.89. The molecule has 0 amide bonds. The van der Waals surface area contributed by atoms with Crippen LogP contribution >= 0.6 is 0 Å². The van der Waals surface area contributed by atoms with E-state index < -0.39 is 12.0 Å². The van der Waals surface area contributed by atoms with Gasteiger partial charge in [-0.15, -0.1) is 0 Å². The summed E-state index contributed by atoms with van der Waals surface area (Å²) in [6.45, 7) is 9.10. The molecule has 0 aromatic rings. The number of hydrogen-bond donors (Lipinski definition) is 1. The summed E-state index contributed by atoms with van der Waals surface area (Å²) in [4.78, 5) is 0. The molecule has 0 aliphatic heterocycles. The van der Waals surface area contributed by atoms with Crippen molar-refractivity contribution in [3.8, 4) is 0 Å². The molecular weight excluding hydrogens is 173 g/mol. The molecule has 0 heterocycles. The van der Waals surface area contributed by atoms with Crippen LogP contribution in [0.2, 0.25) is 26.2 Å². The number of hydrogen-bond acceptors (Lipinski definition) is 1. The molecule has 0 atom stereocenters. The standard InChI is InChI=1S/4C2H5.CH3.H2N.V/c4*1-2;;;/h4*1H2,2H3;1H3;1H2;/q;;;;;-1;+1. The van der Waals surface area contributed by atoms with Crippen molar-refractivity contribution in [2.45, 2.75) is 53.9 Å². The van der Waals surface area contributed by atoms with Crippen molar-refractivity contribution in [2.75, 3.05) is 0 Å². The molecule has 71 valence electrons. The van der Waals surface area contributed by atoms with Gasteiger partial charge in [-0.1, -0.05) is 0 Å². The fourth-order valence-electron chi connectivity index (χ4n) is 1.34. The summed E-state index contributed by atoms with van der Waals surface area (Å²) in [6.07, 6.45) is 0. The molecule has 2 heteroatoms. The molecule has 0 unspecified atom stereocenters. The molecule has 0 rings (SSSR count). The summed E-state index contributed by atoms with van der Waals surface area (Å²) < 4.78 is 6.74. The van der Waals surface area contributed by atoms with E-state index in [0.717, 1.165) is 0 Å². The summed E-state index contributed by atoms with van der Waals surface area (Å²) in [5.41, 5.74) is 2.41. The maximum atomic E-state index is 6.74. The van der Waals surface area contributed by atoms with Crippen LogP contribution in [0.15, 0.2) is 0 Å². The van der Waals surface area contributed by atoms with Gasteiger partial charge >= 0.3 is 70.4 Å². The molecule has 0 saturated heterocycles. The molecule has 0 aromatic heterocycles. The van der Waals surface area contributed by atoms with E-state index in [1.807, 2.05) is 0 Å². The molecule has 1 nitrogen and oxygen atoms in total. The van der Waals surface area contributed by atoms with Gasteiger partial charge in [-0.3, -0.25) is 0 Å². The van der Waals surface area contributed by atoms with Gasteiger partial charge in [0.2, 0.25) is 0 Å². The third-order valence-corrected chi connectivity index (χ3v) is 19.3. The van der Waals surface area contributed by atoms with Crippen molar-refractivity contribution in [3.63, 3.8) is 0 Å². The van der Waals surface area contributed by atoms with Crippen molar-refractivity contribution >= 4 is 0 Å². The van der Waals surface area contributed by atoms with Crippen LogP contribution < -0.4 is 4.58 Å². The summed E-state index contributed by atoms with van der Waals surface area (Å²) in [5, 5.41) is 4.92. The summed E-state index contributed by atoms with van der Waals surface area (Å²) in [6, 6.07) is 0. The third kappa shape index (κ3) is 1.82. The molecule has 0 bridgehead atoms. The first kappa shape index (κ1) is 11.5. The molecule has 0 radical (unpaired) electrons. The quantitative estimate of drug-likeness (QED) is 0.728. The first-order valence-electron chi connectivity index (χ1n) is 4.80. The van der Waals surface area contributed by atoms with Gasteiger partial charge in [0.15, 0.2) is 0 Å². The number of rotatable bonds is 4. The second-order valence-electron chi connectivity index (χ2n) is 4.86. The summed E-state index contributed by atoms with van der Waals surface area (Å²) >= 11 is -2.78. The van der Waals surface area contributed by atoms with E-state index in [9.17, 15) is 0 Å². The van der Waals surface area contributed by atoms with E-state index >= 15 is 0 Å². The van der Waals surface area contributed by atoms with Crippen LogP contribution in [-0.4, -0.2) is 0 Å². The second-order valence-corrected chi connectivity index (χ2v) is 20.0. The fraction of sp³-hybridized carbons (Fsp3) is 1.00. The average molecular weight is 198 g/mol. The van der Waals surface area contributed by atoms with Gasteiger partial charge < -0.3 is 0 Å². The molecule has 0 saturated carbocycles. The van der Waals surface area contributed by atoms with E-state index in [1.54, 1.807) is 0 Å². The zero-order chi connectivity index (χ0) is 9.24. The fourth-order valence-corrected chi connectivity index (χ4v) is 5.53. The molecule has 0 aromatic carbocycles. The van der Waals surface area contributed by atoms with E-state index in [2.05, 4.69) is 33.3 Å². The molecule has 0 fully saturated rings. The SMILES string of the molecule is C[CH2][V]([CH3])([NH2])([CH2]C)([CH2]C)[CH2]C. The van der Waals surface area contributed by atoms with Crippen LogP contribution in [-0.2, 0) is 12.0 Å².